The molecule has 3 atom stereocenters. The zero-order chi connectivity index (χ0) is 23.9. The summed E-state index contributed by atoms with van der Waals surface area (Å²) in [5.74, 6) is -10.9. The number of halogens is 7. The van der Waals surface area contributed by atoms with E-state index in [0.29, 0.717) is 12.8 Å². The van der Waals surface area contributed by atoms with Crippen LogP contribution in [0.5, 0.6) is 0 Å². The van der Waals surface area contributed by atoms with E-state index in [0.717, 1.165) is 23.5 Å². The minimum Gasteiger partial charge on any atom is -0.460 e. The van der Waals surface area contributed by atoms with E-state index in [1.165, 1.54) is 0 Å². The maximum Gasteiger partial charge on any atom is 0.465 e. The van der Waals surface area contributed by atoms with Crippen LogP contribution >= 0.6 is 23.5 Å². The first-order valence-electron chi connectivity index (χ1n) is 8.43. The third kappa shape index (κ3) is 5.35. The van der Waals surface area contributed by atoms with Crippen LogP contribution in [-0.4, -0.2) is 70.1 Å². The zero-order valence-corrected chi connectivity index (χ0v) is 17.6. The van der Waals surface area contributed by atoms with Crippen molar-refractivity contribution < 1.29 is 62.8 Å². The lowest BCUT2D eigenvalue weighted by Crippen LogP contribution is -2.47. The van der Waals surface area contributed by atoms with Gasteiger partial charge in [0.25, 0.3) is 0 Å². The number of alkyl halides is 7. The Labute approximate surface area is 179 Å². The van der Waals surface area contributed by atoms with Gasteiger partial charge in [0.1, 0.15) is 12.7 Å². The van der Waals surface area contributed by atoms with Gasteiger partial charge in [-0.3, -0.25) is 4.55 Å². The summed E-state index contributed by atoms with van der Waals surface area (Å²) in [6.07, 6.45) is -6.18. The van der Waals surface area contributed by atoms with Crippen molar-refractivity contribution in [1.29, 1.82) is 0 Å². The molecule has 0 aromatic carbocycles. The highest BCUT2D eigenvalue weighted by Crippen LogP contribution is 2.57. The molecular weight excluding hydrogens is 509 g/mol. The van der Waals surface area contributed by atoms with Crippen molar-refractivity contribution in [2.75, 3.05) is 12.4 Å². The summed E-state index contributed by atoms with van der Waals surface area (Å²) in [7, 11) is -6.08. The highest BCUT2D eigenvalue weighted by molar-refractivity contribution is 8.21. The minimum absolute atomic E-state index is 0.0337. The number of carbonyl (C=O) groups excluding carboxylic acids is 2. The Morgan fingerprint density at radius 3 is 2.23 bits per heavy atom. The van der Waals surface area contributed by atoms with Crippen molar-refractivity contribution in [1.82, 2.24) is 0 Å². The quantitative estimate of drug-likeness (QED) is 0.318. The van der Waals surface area contributed by atoms with Crippen LogP contribution < -0.4 is 0 Å². The predicted octanol–water partition coefficient (Wildman–Crippen LogP) is 3.24. The Kier molecular flexibility index (Phi) is 7.45. The Hall–Kier alpha value is -0.940. The van der Waals surface area contributed by atoms with Crippen LogP contribution in [-0.2, 0) is 29.2 Å². The summed E-state index contributed by atoms with van der Waals surface area (Å²) >= 11 is 1.92. The molecule has 1 saturated carbocycles. The molecule has 180 valence electrons. The van der Waals surface area contributed by atoms with E-state index in [-0.39, 0.29) is 18.6 Å². The third-order valence-electron chi connectivity index (χ3n) is 4.44. The number of hydrogen-bond acceptors (Lipinski definition) is 8. The molecule has 1 N–H and O–H groups in total. The second-order valence-corrected chi connectivity index (χ2v) is 11.4. The standard InChI is InChI=1S/C14H15F7O7S3/c15-12(16,14(19,20)21)9(22)27-5-7-6-29-11(30-7)4-2-1-3-8(11)28-10(23)13(17,18)31(24,25)26/h7-8H,1-6H2,(H,24,25,26). The molecule has 1 aliphatic heterocycles. The highest BCUT2D eigenvalue weighted by Gasteiger charge is 2.65. The average Bonchev–Trinajstić information content (AvgIpc) is 3.03. The molecule has 31 heavy (non-hydrogen) atoms. The number of carbonyl (C=O) groups is 2. The lowest BCUT2D eigenvalue weighted by Gasteiger charge is -2.39. The molecule has 0 amide bonds. The van der Waals surface area contributed by atoms with Crippen molar-refractivity contribution in [3.8, 4) is 0 Å². The van der Waals surface area contributed by atoms with Crippen molar-refractivity contribution in [2.24, 2.45) is 0 Å². The largest absolute Gasteiger partial charge is 0.465 e. The second kappa shape index (κ2) is 8.78. The summed E-state index contributed by atoms with van der Waals surface area (Å²) in [4.78, 5) is 22.7. The molecule has 2 aliphatic rings. The molecule has 1 spiro atoms. The molecule has 0 aromatic heterocycles. The fraction of sp³-hybridized carbons (Fsp3) is 0.857. The third-order valence-corrected chi connectivity index (χ3v) is 9.13. The Bertz CT molecular complexity index is 818. The monoisotopic (exact) mass is 524 g/mol. The Morgan fingerprint density at radius 2 is 1.68 bits per heavy atom. The van der Waals surface area contributed by atoms with Crippen molar-refractivity contribution >= 4 is 45.6 Å². The Morgan fingerprint density at radius 1 is 1.06 bits per heavy atom. The number of hydrogen-bond donors (Lipinski definition) is 1. The first-order chi connectivity index (χ1) is 13.9. The minimum atomic E-state index is -6.14. The molecule has 0 bridgehead atoms. The van der Waals surface area contributed by atoms with Gasteiger partial charge in [0.05, 0.1) is 4.08 Å². The van der Waals surface area contributed by atoms with Gasteiger partial charge in [0, 0.05) is 11.0 Å². The van der Waals surface area contributed by atoms with Gasteiger partial charge in [-0.1, -0.05) is 6.42 Å². The normalized spacial score (nSPS) is 27.9. The molecule has 1 aliphatic carbocycles. The first kappa shape index (κ1) is 26.3. The van der Waals surface area contributed by atoms with E-state index in [4.69, 9.17) is 4.55 Å². The van der Waals surface area contributed by atoms with Crippen LogP contribution in [0.15, 0.2) is 0 Å². The Balaban J connectivity index is 2.05. The topological polar surface area (TPSA) is 107 Å². The van der Waals surface area contributed by atoms with E-state index in [1.807, 2.05) is 0 Å². The molecule has 1 saturated heterocycles. The maximum absolute atomic E-state index is 13.5. The van der Waals surface area contributed by atoms with E-state index in [9.17, 15) is 48.7 Å². The van der Waals surface area contributed by atoms with Gasteiger partial charge in [-0.2, -0.15) is 39.2 Å². The van der Waals surface area contributed by atoms with Crippen LogP contribution in [0, 0.1) is 0 Å². The van der Waals surface area contributed by atoms with Gasteiger partial charge >= 0.3 is 39.4 Å². The van der Waals surface area contributed by atoms with Gasteiger partial charge in [-0.05, 0) is 19.3 Å². The second-order valence-electron chi connectivity index (χ2n) is 6.66. The fourth-order valence-electron chi connectivity index (χ4n) is 2.88. The van der Waals surface area contributed by atoms with Crippen LogP contribution in [0.25, 0.3) is 0 Å². The van der Waals surface area contributed by atoms with Crippen molar-refractivity contribution in [3.63, 3.8) is 0 Å². The summed E-state index contributed by atoms with van der Waals surface area (Å²) in [6, 6.07) is 0. The smallest absolute Gasteiger partial charge is 0.460 e. The molecule has 17 heteroatoms. The summed E-state index contributed by atoms with van der Waals surface area (Å²) < 4.78 is 127. The van der Waals surface area contributed by atoms with Gasteiger partial charge in [0.15, 0.2) is 0 Å². The highest BCUT2D eigenvalue weighted by atomic mass is 32.2. The van der Waals surface area contributed by atoms with Gasteiger partial charge in [-0.25, -0.2) is 9.59 Å². The molecule has 1 heterocycles. The number of thioether (sulfide) groups is 2. The first-order valence-corrected chi connectivity index (χ1v) is 11.7. The predicted molar refractivity (Wildman–Crippen MR) is 93.4 cm³/mol. The van der Waals surface area contributed by atoms with Crippen molar-refractivity contribution in [2.45, 2.75) is 58.5 Å². The van der Waals surface area contributed by atoms with Crippen LogP contribution in [0.2, 0.25) is 0 Å². The number of rotatable bonds is 6. The molecule has 3 unspecified atom stereocenters. The van der Waals surface area contributed by atoms with E-state index in [2.05, 4.69) is 9.47 Å². The lowest BCUT2D eigenvalue weighted by molar-refractivity contribution is -0.280. The van der Waals surface area contributed by atoms with E-state index in [1.54, 1.807) is 0 Å². The average molecular weight is 524 g/mol. The SMILES string of the molecule is O=C(OCC1CSC2(CCCCC2OC(=O)C(F)(F)S(=O)(=O)O)S1)C(F)(F)C(F)(F)F. The van der Waals surface area contributed by atoms with Gasteiger partial charge in [0.2, 0.25) is 0 Å². The molecule has 0 aromatic rings. The molecule has 0 radical (unpaired) electrons. The summed E-state index contributed by atoms with van der Waals surface area (Å²) in [5.41, 5.74) is 0. The summed E-state index contributed by atoms with van der Waals surface area (Å²) in [5, 5.41) is -6.03. The van der Waals surface area contributed by atoms with Crippen molar-refractivity contribution in [3.05, 3.63) is 0 Å². The fourth-order valence-corrected chi connectivity index (χ4v) is 6.98. The molecule has 2 fully saturated rings. The van der Waals surface area contributed by atoms with Gasteiger partial charge in [-0.15, -0.1) is 23.5 Å². The van der Waals surface area contributed by atoms with E-state index < -0.39 is 61.4 Å². The number of esters is 2. The molecule has 7 nitrogen and oxygen atoms in total. The molecule has 2 rings (SSSR count). The van der Waals surface area contributed by atoms with Crippen LogP contribution in [0.4, 0.5) is 30.7 Å². The van der Waals surface area contributed by atoms with E-state index >= 15 is 0 Å². The maximum atomic E-state index is 13.5. The molecular formula is C14H15F7O7S3. The number of ether oxygens (including phenoxy) is 2. The lowest BCUT2D eigenvalue weighted by atomic mass is 9.96. The summed E-state index contributed by atoms with van der Waals surface area (Å²) in [6.45, 7) is -0.842. The van der Waals surface area contributed by atoms with Gasteiger partial charge < -0.3 is 9.47 Å². The van der Waals surface area contributed by atoms with Crippen LogP contribution in [0.1, 0.15) is 25.7 Å². The van der Waals surface area contributed by atoms with Crippen LogP contribution in [0.3, 0.4) is 0 Å². The zero-order valence-electron chi connectivity index (χ0n) is 15.2.